The van der Waals surface area contributed by atoms with Crippen LogP contribution in [0, 0.1) is 6.92 Å². The van der Waals surface area contributed by atoms with Crippen molar-refractivity contribution in [1.29, 1.82) is 0 Å². The van der Waals surface area contributed by atoms with Crippen molar-refractivity contribution in [3.63, 3.8) is 0 Å². The van der Waals surface area contributed by atoms with Crippen LogP contribution < -0.4 is 19.1 Å². The zero-order valence-corrected chi connectivity index (χ0v) is 19.0. The summed E-state index contributed by atoms with van der Waals surface area (Å²) >= 11 is 1.39. The Labute approximate surface area is 196 Å². The Bertz CT molecular complexity index is 1290. The summed E-state index contributed by atoms with van der Waals surface area (Å²) in [5.41, 5.74) is 3.56. The molecule has 2 heterocycles. The van der Waals surface area contributed by atoms with Gasteiger partial charge in [0, 0.05) is 10.9 Å². The largest absolute Gasteiger partial charge is 0.495 e. The number of rotatable bonds is 5. The number of anilines is 2. The number of amides is 1. The van der Waals surface area contributed by atoms with Crippen LogP contribution in [0.4, 0.5) is 10.8 Å². The molecule has 3 aromatic carbocycles. The molecule has 0 spiro atoms. The smallest absolute Gasteiger partial charge is 0.278 e. The first-order valence-corrected chi connectivity index (χ1v) is 11.4. The number of ether oxygens (including phenoxy) is 3. The molecule has 7 heteroatoms. The first kappa shape index (κ1) is 21.0. The Morgan fingerprint density at radius 1 is 1.03 bits per heavy atom. The highest BCUT2D eigenvalue weighted by Gasteiger charge is 2.35. The fraction of sp³-hybridized carbons (Fsp3) is 0.154. The number of carbonyl (C=O) groups excluding carboxylic acids is 1. The number of benzene rings is 3. The molecule has 6 nitrogen and oxygen atoms in total. The monoisotopic (exact) mass is 458 g/mol. The zero-order chi connectivity index (χ0) is 22.8. The Kier molecular flexibility index (Phi) is 5.71. The fourth-order valence-corrected chi connectivity index (χ4v) is 4.49. The maximum Gasteiger partial charge on any atom is 0.278 e. The van der Waals surface area contributed by atoms with E-state index in [0.29, 0.717) is 28.1 Å². The number of hydrogen-bond acceptors (Lipinski definition) is 6. The van der Waals surface area contributed by atoms with Gasteiger partial charge in [0.25, 0.3) is 5.91 Å². The van der Waals surface area contributed by atoms with Gasteiger partial charge in [-0.25, -0.2) is 9.88 Å². The lowest BCUT2D eigenvalue weighted by Gasteiger charge is -2.30. The maximum atomic E-state index is 13.8. The van der Waals surface area contributed by atoms with Gasteiger partial charge in [-0.15, -0.1) is 11.3 Å². The molecule has 1 atom stereocenters. The maximum absolute atomic E-state index is 13.8. The van der Waals surface area contributed by atoms with Crippen molar-refractivity contribution in [3.8, 4) is 28.5 Å². The molecule has 1 aliphatic heterocycles. The number of carbonyl (C=O) groups is 1. The second kappa shape index (κ2) is 8.96. The summed E-state index contributed by atoms with van der Waals surface area (Å²) in [6.45, 7) is 2.15. The van der Waals surface area contributed by atoms with Crippen LogP contribution in [0.5, 0.6) is 17.2 Å². The van der Waals surface area contributed by atoms with E-state index in [1.54, 1.807) is 18.1 Å². The van der Waals surface area contributed by atoms with Crippen LogP contribution in [0.25, 0.3) is 11.3 Å². The number of nitrogens with zero attached hydrogens (tertiary/aromatic N) is 2. The van der Waals surface area contributed by atoms with Gasteiger partial charge < -0.3 is 14.2 Å². The van der Waals surface area contributed by atoms with Gasteiger partial charge >= 0.3 is 0 Å². The van der Waals surface area contributed by atoms with Crippen LogP contribution >= 0.6 is 11.3 Å². The van der Waals surface area contributed by atoms with Gasteiger partial charge in [-0.3, -0.25) is 4.79 Å². The standard InChI is InChI=1S/C26H22N2O4S/c1-17-11-13-18(14-12-17)19-16-33-26(27-19)28(20-7-3-4-8-21(20)30-2)25(29)24-15-31-22-9-5-6-10-23(22)32-24/h3-14,16,24H,15H2,1-2H3/t24-/m1/s1. The minimum atomic E-state index is -0.823. The highest BCUT2D eigenvalue weighted by molar-refractivity contribution is 7.14. The average Bonchev–Trinajstić information content (AvgIpc) is 3.34. The Balaban J connectivity index is 1.53. The van der Waals surface area contributed by atoms with E-state index in [0.717, 1.165) is 11.3 Å². The van der Waals surface area contributed by atoms with E-state index in [4.69, 9.17) is 19.2 Å². The highest BCUT2D eigenvalue weighted by Crippen LogP contribution is 2.39. The van der Waals surface area contributed by atoms with E-state index in [-0.39, 0.29) is 12.5 Å². The second-order valence-electron chi connectivity index (χ2n) is 7.59. The van der Waals surface area contributed by atoms with Crippen molar-refractivity contribution >= 4 is 28.1 Å². The molecule has 0 bridgehead atoms. The fourth-order valence-electron chi connectivity index (χ4n) is 3.64. The van der Waals surface area contributed by atoms with Crippen molar-refractivity contribution in [2.24, 2.45) is 0 Å². The summed E-state index contributed by atoms with van der Waals surface area (Å²) in [6.07, 6.45) is -0.823. The van der Waals surface area contributed by atoms with Crippen molar-refractivity contribution in [1.82, 2.24) is 4.98 Å². The Morgan fingerprint density at radius 2 is 1.76 bits per heavy atom. The Morgan fingerprint density at radius 3 is 2.55 bits per heavy atom. The lowest BCUT2D eigenvalue weighted by atomic mass is 10.1. The third-order valence-corrected chi connectivity index (χ3v) is 6.19. The molecule has 166 valence electrons. The quantitative estimate of drug-likeness (QED) is 0.388. The number of fused-ring (bicyclic) bond motifs is 1. The van der Waals surface area contributed by atoms with E-state index >= 15 is 0 Å². The first-order chi connectivity index (χ1) is 16.1. The van der Waals surface area contributed by atoms with E-state index < -0.39 is 6.10 Å². The summed E-state index contributed by atoms with van der Waals surface area (Å²) in [4.78, 5) is 20.2. The SMILES string of the molecule is COc1ccccc1N(C(=O)[C@H]1COc2ccccc2O1)c1nc(-c2ccc(C)cc2)cs1. The van der Waals surface area contributed by atoms with E-state index in [9.17, 15) is 4.79 Å². The van der Waals surface area contributed by atoms with Crippen LogP contribution in [-0.2, 0) is 4.79 Å². The van der Waals surface area contributed by atoms with Crippen molar-refractivity contribution in [3.05, 3.63) is 83.7 Å². The van der Waals surface area contributed by atoms with Gasteiger partial charge in [0.1, 0.15) is 12.4 Å². The lowest BCUT2D eigenvalue weighted by Crippen LogP contribution is -2.44. The summed E-state index contributed by atoms with van der Waals surface area (Å²) in [5.74, 6) is 1.46. The van der Waals surface area contributed by atoms with Gasteiger partial charge in [0.2, 0.25) is 6.10 Å². The minimum absolute atomic E-state index is 0.109. The van der Waals surface area contributed by atoms with E-state index in [1.165, 1.54) is 16.9 Å². The molecule has 0 fully saturated rings. The molecular formula is C26H22N2O4S. The molecule has 0 unspecified atom stereocenters. The summed E-state index contributed by atoms with van der Waals surface area (Å²) in [5, 5.41) is 2.48. The molecular weight excluding hydrogens is 436 g/mol. The second-order valence-corrected chi connectivity index (χ2v) is 8.43. The zero-order valence-electron chi connectivity index (χ0n) is 18.2. The van der Waals surface area contributed by atoms with Gasteiger partial charge in [-0.05, 0) is 31.2 Å². The lowest BCUT2D eigenvalue weighted by molar-refractivity contribution is -0.126. The van der Waals surface area contributed by atoms with Gasteiger partial charge in [0.05, 0.1) is 18.5 Å². The molecule has 0 aliphatic carbocycles. The number of hydrogen-bond donors (Lipinski definition) is 0. The molecule has 1 aliphatic rings. The predicted molar refractivity (Wildman–Crippen MR) is 129 cm³/mol. The Hall–Kier alpha value is -3.84. The highest BCUT2D eigenvalue weighted by atomic mass is 32.1. The van der Waals surface area contributed by atoms with Crippen LogP contribution in [0.2, 0.25) is 0 Å². The van der Waals surface area contributed by atoms with Crippen molar-refractivity contribution in [2.45, 2.75) is 13.0 Å². The van der Waals surface area contributed by atoms with Crippen LogP contribution in [0.1, 0.15) is 5.56 Å². The molecule has 1 aromatic heterocycles. The third-order valence-electron chi connectivity index (χ3n) is 5.36. The molecule has 33 heavy (non-hydrogen) atoms. The molecule has 0 saturated carbocycles. The number of methoxy groups -OCH3 is 1. The topological polar surface area (TPSA) is 60.9 Å². The van der Waals surface area contributed by atoms with E-state index in [1.807, 2.05) is 79.0 Å². The molecule has 5 rings (SSSR count). The van der Waals surface area contributed by atoms with Crippen molar-refractivity contribution in [2.75, 3.05) is 18.6 Å². The summed E-state index contributed by atoms with van der Waals surface area (Å²) in [7, 11) is 1.58. The number of para-hydroxylation sites is 4. The van der Waals surface area contributed by atoms with E-state index in [2.05, 4.69) is 0 Å². The number of thiazole rings is 1. The number of aryl methyl sites for hydroxylation is 1. The predicted octanol–water partition coefficient (Wildman–Crippen LogP) is 5.63. The molecule has 0 N–H and O–H groups in total. The van der Waals surface area contributed by atoms with Gasteiger partial charge in [-0.1, -0.05) is 54.1 Å². The van der Waals surface area contributed by atoms with Gasteiger partial charge in [0.15, 0.2) is 16.6 Å². The molecule has 0 saturated heterocycles. The van der Waals surface area contributed by atoms with Crippen LogP contribution in [-0.4, -0.2) is 30.7 Å². The minimum Gasteiger partial charge on any atom is -0.495 e. The summed E-state index contributed by atoms with van der Waals surface area (Å²) in [6, 6.07) is 22.8. The van der Waals surface area contributed by atoms with Gasteiger partial charge in [-0.2, -0.15) is 0 Å². The third kappa shape index (κ3) is 4.15. The van der Waals surface area contributed by atoms with Crippen LogP contribution in [0.3, 0.4) is 0 Å². The first-order valence-electron chi connectivity index (χ1n) is 10.5. The molecule has 4 aromatic rings. The van der Waals surface area contributed by atoms with Crippen LogP contribution in [0.15, 0.2) is 78.2 Å². The number of aromatic nitrogens is 1. The molecule has 0 radical (unpaired) electrons. The summed E-state index contributed by atoms with van der Waals surface area (Å²) < 4.78 is 17.4. The average molecular weight is 459 g/mol. The normalized spacial score (nSPS) is 14.5. The molecule has 1 amide bonds. The van der Waals surface area contributed by atoms with Crippen molar-refractivity contribution < 1.29 is 19.0 Å².